The van der Waals surface area contributed by atoms with Crippen LogP contribution >= 0.6 is 0 Å². The van der Waals surface area contributed by atoms with E-state index in [9.17, 15) is 13.2 Å². The molecule has 0 saturated heterocycles. The Morgan fingerprint density at radius 3 is 2.38 bits per heavy atom. The van der Waals surface area contributed by atoms with Gasteiger partial charge in [-0.25, -0.2) is 13.1 Å². The molecule has 0 atom stereocenters. The van der Waals surface area contributed by atoms with Gasteiger partial charge in [0.1, 0.15) is 5.75 Å². The smallest absolute Gasteiger partial charge is 0.241 e. The molecule has 0 saturated carbocycles. The Kier molecular flexibility index (Phi) is 5.36. The summed E-state index contributed by atoms with van der Waals surface area (Å²) in [6.45, 7) is 6.99. The molecule has 0 heterocycles. The van der Waals surface area contributed by atoms with Crippen molar-refractivity contribution in [3.63, 3.8) is 0 Å². The molecule has 0 aromatic heterocycles. The van der Waals surface area contributed by atoms with E-state index in [1.807, 2.05) is 0 Å². The van der Waals surface area contributed by atoms with E-state index in [0.717, 1.165) is 0 Å². The average Bonchev–Trinajstić information content (AvgIpc) is 2.35. The highest BCUT2D eigenvalue weighted by Crippen LogP contribution is 2.28. The number of rotatable bonds is 5. The van der Waals surface area contributed by atoms with Gasteiger partial charge in [-0.05, 0) is 39.0 Å². The maximum atomic E-state index is 12.3. The van der Waals surface area contributed by atoms with Gasteiger partial charge in [0.05, 0.1) is 17.7 Å². The van der Waals surface area contributed by atoms with Crippen LogP contribution in [0.3, 0.4) is 0 Å². The summed E-state index contributed by atoms with van der Waals surface area (Å²) in [5.41, 5.74) is -0.257. The van der Waals surface area contributed by atoms with Crippen molar-refractivity contribution < 1.29 is 17.9 Å². The van der Waals surface area contributed by atoms with E-state index < -0.39 is 15.6 Å². The van der Waals surface area contributed by atoms with Crippen molar-refractivity contribution in [3.05, 3.63) is 18.2 Å². The zero-order valence-corrected chi connectivity index (χ0v) is 13.8. The summed E-state index contributed by atoms with van der Waals surface area (Å²) in [5.74, 6) is 0.193. The second-order valence-electron chi connectivity index (χ2n) is 5.62. The van der Waals surface area contributed by atoms with E-state index in [0.29, 0.717) is 17.9 Å². The number of sulfonamides is 1. The maximum absolute atomic E-state index is 12.3. The highest BCUT2D eigenvalue weighted by atomic mass is 32.2. The van der Waals surface area contributed by atoms with Gasteiger partial charge in [-0.1, -0.05) is 6.92 Å². The molecule has 0 bridgehead atoms. The number of ether oxygens (including phenoxy) is 1. The first-order valence-electron chi connectivity index (χ1n) is 6.61. The van der Waals surface area contributed by atoms with Crippen LogP contribution in [0.2, 0.25) is 0 Å². The first-order valence-corrected chi connectivity index (χ1v) is 8.09. The Morgan fingerprint density at radius 1 is 1.29 bits per heavy atom. The van der Waals surface area contributed by atoms with Crippen LogP contribution in [0.5, 0.6) is 5.75 Å². The third kappa shape index (κ3) is 5.02. The van der Waals surface area contributed by atoms with E-state index in [2.05, 4.69) is 10.0 Å². The standard InChI is InChI=1S/C14H22N2O4S/c1-6-13(17)15-11-9-10(7-8-12(11)20-5)21(18,19)16-14(2,3)4/h7-9,16H,6H2,1-5H3,(H,15,17). The Morgan fingerprint density at radius 2 is 1.90 bits per heavy atom. The van der Waals surface area contributed by atoms with Crippen molar-refractivity contribution in [2.45, 2.75) is 44.6 Å². The lowest BCUT2D eigenvalue weighted by Crippen LogP contribution is -2.40. The minimum atomic E-state index is -3.66. The van der Waals surface area contributed by atoms with Crippen molar-refractivity contribution in [2.24, 2.45) is 0 Å². The molecule has 0 aliphatic rings. The summed E-state index contributed by atoms with van der Waals surface area (Å²) in [6.07, 6.45) is 0.292. The second kappa shape index (κ2) is 6.44. The predicted molar refractivity (Wildman–Crippen MR) is 82.0 cm³/mol. The largest absolute Gasteiger partial charge is 0.495 e. The van der Waals surface area contributed by atoms with E-state index >= 15 is 0 Å². The maximum Gasteiger partial charge on any atom is 0.241 e. The quantitative estimate of drug-likeness (QED) is 0.872. The number of benzene rings is 1. The highest BCUT2D eigenvalue weighted by Gasteiger charge is 2.23. The Bertz CT molecular complexity index is 618. The lowest BCUT2D eigenvalue weighted by Gasteiger charge is -2.21. The molecule has 0 spiro atoms. The molecule has 1 amide bonds. The van der Waals surface area contributed by atoms with Crippen molar-refractivity contribution in [1.29, 1.82) is 0 Å². The number of carbonyl (C=O) groups is 1. The summed E-state index contributed by atoms with van der Waals surface area (Å²) >= 11 is 0. The second-order valence-corrected chi connectivity index (χ2v) is 7.30. The number of methoxy groups -OCH3 is 1. The summed E-state index contributed by atoms with van der Waals surface area (Å²) in [5, 5.41) is 2.63. The Balaban J connectivity index is 3.21. The van der Waals surface area contributed by atoms with Gasteiger partial charge in [-0.3, -0.25) is 4.79 Å². The van der Waals surface area contributed by atoms with Gasteiger partial charge in [-0.15, -0.1) is 0 Å². The number of hydrogen-bond donors (Lipinski definition) is 2. The topological polar surface area (TPSA) is 84.5 Å². The third-order valence-corrected chi connectivity index (χ3v) is 4.27. The van der Waals surface area contributed by atoms with Crippen molar-refractivity contribution in [1.82, 2.24) is 4.72 Å². The van der Waals surface area contributed by atoms with Gasteiger partial charge in [0.15, 0.2) is 0 Å². The minimum absolute atomic E-state index is 0.0737. The molecule has 21 heavy (non-hydrogen) atoms. The monoisotopic (exact) mass is 314 g/mol. The van der Waals surface area contributed by atoms with Gasteiger partial charge >= 0.3 is 0 Å². The number of hydrogen-bond acceptors (Lipinski definition) is 4. The van der Waals surface area contributed by atoms with Crippen LogP contribution in [0.25, 0.3) is 0 Å². The van der Waals surface area contributed by atoms with Crippen LogP contribution in [-0.4, -0.2) is 27.0 Å². The fourth-order valence-electron chi connectivity index (χ4n) is 1.65. The molecular weight excluding hydrogens is 292 g/mol. The molecule has 1 rings (SSSR count). The first-order chi connectivity index (χ1) is 9.59. The molecular formula is C14H22N2O4S. The Hall–Kier alpha value is -1.60. The van der Waals surface area contributed by atoms with E-state index in [-0.39, 0.29) is 10.8 Å². The van der Waals surface area contributed by atoms with Gasteiger partial charge < -0.3 is 10.1 Å². The molecule has 2 N–H and O–H groups in total. The highest BCUT2D eigenvalue weighted by molar-refractivity contribution is 7.89. The van der Waals surface area contributed by atoms with Crippen LogP contribution < -0.4 is 14.8 Å². The minimum Gasteiger partial charge on any atom is -0.495 e. The van der Waals surface area contributed by atoms with Crippen LogP contribution in [0, 0.1) is 0 Å². The molecule has 0 radical (unpaired) electrons. The molecule has 6 nitrogen and oxygen atoms in total. The zero-order valence-electron chi connectivity index (χ0n) is 13.0. The predicted octanol–water partition coefficient (Wildman–Crippen LogP) is 2.12. The molecule has 0 fully saturated rings. The summed E-state index contributed by atoms with van der Waals surface area (Å²) < 4.78 is 32.3. The fourth-order valence-corrected chi connectivity index (χ4v) is 3.10. The molecule has 1 aromatic rings. The average molecular weight is 314 g/mol. The van der Waals surface area contributed by atoms with Crippen LogP contribution in [0.15, 0.2) is 23.1 Å². The third-order valence-electron chi connectivity index (χ3n) is 2.52. The molecule has 1 aromatic carbocycles. The number of nitrogens with one attached hydrogen (secondary N) is 2. The van der Waals surface area contributed by atoms with Crippen molar-refractivity contribution >= 4 is 21.6 Å². The lowest BCUT2D eigenvalue weighted by atomic mass is 10.1. The first kappa shape index (κ1) is 17.5. The fraction of sp³-hybridized carbons (Fsp3) is 0.500. The van der Waals surface area contributed by atoms with E-state index in [1.54, 1.807) is 27.7 Å². The number of carbonyl (C=O) groups excluding carboxylic acids is 1. The molecule has 118 valence electrons. The summed E-state index contributed by atoms with van der Waals surface area (Å²) in [4.78, 5) is 11.6. The van der Waals surface area contributed by atoms with Crippen molar-refractivity contribution in [2.75, 3.05) is 12.4 Å². The van der Waals surface area contributed by atoms with Gasteiger partial charge in [0.25, 0.3) is 0 Å². The molecule has 7 heteroatoms. The van der Waals surface area contributed by atoms with E-state index in [1.165, 1.54) is 25.3 Å². The van der Waals surface area contributed by atoms with Crippen LogP contribution in [-0.2, 0) is 14.8 Å². The molecule has 0 unspecified atom stereocenters. The molecule has 0 aliphatic heterocycles. The Labute approximate surface area is 125 Å². The van der Waals surface area contributed by atoms with Crippen LogP contribution in [0.4, 0.5) is 5.69 Å². The van der Waals surface area contributed by atoms with E-state index in [4.69, 9.17) is 4.74 Å². The lowest BCUT2D eigenvalue weighted by molar-refractivity contribution is -0.115. The normalized spacial score (nSPS) is 12.0. The van der Waals surface area contributed by atoms with Crippen LogP contribution in [0.1, 0.15) is 34.1 Å². The zero-order chi connectivity index (χ0) is 16.3. The van der Waals surface area contributed by atoms with Gasteiger partial charge in [0, 0.05) is 12.0 Å². The number of amides is 1. The SMILES string of the molecule is CCC(=O)Nc1cc(S(=O)(=O)NC(C)(C)C)ccc1OC. The number of anilines is 1. The van der Waals surface area contributed by atoms with Gasteiger partial charge in [0.2, 0.25) is 15.9 Å². The summed E-state index contributed by atoms with van der Waals surface area (Å²) in [6, 6.07) is 4.34. The molecule has 0 aliphatic carbocycles. The summed E-state index contributed by atoms with van der Waals surface area (Å²) in [7, 11) is -2.21. The van der Waals surface area contributed by atoms with Crippen molar-refractivity contribution in [3.8, 4) is 5.75 Å². The van der Waals surface area contributed by atoms with Gasteiger partial charge in [-0.2, -0.15) is 0 Å².